The summed E-state index contributed by atoms with van der Waals surface area (Å²) >= 11 is 0. The second-order valence-electron chi connectivity index (χ2n) is 7.53. The van der Waals surface area contributed by atoms with Gasteiger partial charge in [0.1, 0.15) is 5.78 Å². The number of carbonyl (C=O) groups excluding carboxylic acids is 2. The Morgan fingerprint density at radius 1 is 1.26 bits per heavy atom. The zero-order valence-electron chi connectivity index (χ0n) is 12.6. The third-order valence-electron chi connectivity index (χ3n) is 4.43. The molecule has 0 radical (unpaired) electrons. The molecule has 108 valence electrons. The average Bonchev–Trinajstić information content (AvgIpc) is 2.47. The minimum Gasteiger partial charge on any atom is -0.338 e. The second-order valence-corrected chi connectivity index (χ2v) is 7.53. The summed E-state index contributed by atoms with van der Waals surface area (Å²) in [6.07, 6.45) is 3.82. The molecule has 2 unspecified atom stereocenters. The fourth-order valence-electron chi connectivity index (χ4n) is 4.14. The van der Waals surface area contributed by atoms with Crippen LogP contribution in [0.25, 0.3) is 0 Å². The number of likely N-dealkylation sites (tertiary alicyclic amines) is 1. The molecule has 4 heteroatoms. The van der Waals surface area contributed by atoms with Crippen LogP contribution >= 0.6 is 0 Å². The highest BCUT2D eigenvalue weighted by Crippen LogP contribution is 2.52. The summed E-state index contributed by atoms with van der Waals surface area (Å²) in [5, 5.41) is 2.88. The van der Waals surface area contributed by atoms with Crippen LogP contribution in [0.1, 0.15) is 53.4 Å². The number of Topliss-reactive ketones (excluding diaryl/α,β-unsaturated/α-hetero) is 1. The summed E-state index contributed by atoms with van der Waals surface area (Å²) in [6.45, 7) is 9.76. The molecule has 2 amide bonds. The Kier molecular flexibility index (Phi) is 3.63. The SMILES string of the molecule is CC(=O)CCNC(=O)N1CC2(C)CC1CC(C)(C)C2. The van der Waals surface area contributed by atoms with Crippen molar-refractivity contribution in [3.8, 4) is 0 Å². The van der Waals surface area contributed by atoms with Crippen molar-refractivity contribution in [3.05, 3.63) is 0 Å². The first kappa shape index (κ1) is 14.4. The zero-order chi connectivity index (χ0) is 14.3. The molecular formula is C15H26N2O2. The smallest absolute Gasteiger partial charge is 0.317 e. The van der Waals surface area contributed by atoms with E-state index in [2.05, 4.69) is 26.1 Å². The van der Waals surface area contributed by atoms with E-state index in [1.807, 2.05) is 4.90 Å². The maximum absolute atomic E-state index is 12.2. The zero-order valence-corrected chi connectivity index (χ0v) is 12.6. The first-order chi connectivity index (χ1) is 8.71. The summed E-state index contributed by atoms with van der Waals surface area (Å²) in [6, 6.07) is 0.374. The Hall–Kier alpha value is -1.06. The highest BCUT2D eigenvalue weighted by Gasteiger charge is 2.50. The number of ketones is 1. The van der Waals surface area contributed by atoms with E-state index in [0.29, 0.717) is 24.4 Å². The van der Waals surface area contributed by atoms with Gasteiger partial charge in [0, 0.05) is 25.6 Å². The van der Waals surface area contributed by atoms with Crippen LogP contribution in [0.3, 0.4) is 0 Å². The van der Waals surface area contributed by atoms with Gasteiger partial charge in [-0.3, -0.25) is 4.79 Å². The van der Waals surface area contributed by atoms with Crippen molar-refractivity contribution in [3.63, 3.8) is 0 Å². The van der Waals surface area contributed by atoms with Gasteiger partial charge in [0.25, 0.3) is 0 Å². The van der Waals surface area contributed by atoms with E-state index in [-0.39, 0.29) is 17.2 Å². The fraction of sp³-hybridized carbons (Fsp3) is 0.867. The van der Waals surface area contributed by atoms with Gasteiger partial charge in [-0.1, -0.05) is 20.8 Å². The number of urea groups is 1. The first-order valence-electron chi connectivity index (χ1n) is 7.25. The van der Waals surface area contributed by atoms with E-state index in [1.54, 1.807) is 6.92 Å². The maximum atomic E-state index is 12.2. The predicted octanol–water partition coefficient (Wildman–Crippen LogP) is 2.58. The lowest BCUT2D eigenvalue weighted by atomic mass is 9.65. The largest absolute Gasteiger partial charge is 0.338 e. The van der Waals surface area contributed by atoms with Crippen LogP contribution in [0.5, 0.6) is 0 Å². The van der Waals surface area contributed by atoms with Crippen LogP contribution in [0.2, 0.25) is 0 Å². The number of amides is 2. The summed E-state index contributed by atoms with van der Waals surface area (Å²) in [5.74, 6) is 0.119. The van der Waals surface area contributed by atoms with E-state index in [0.717, 1.165) is 19.4 Å². The number of fused-ring (bicyclic) bond motifs is 2. The second kappa shape index (κ2) is 4.80. The van der Waals surface area contributed by atoms with E-state index >= 15 is 0 Å². The Balaban J connectivity index is 1.95. The van der Waals surface area contributed by atoms with Gasteiger partial charge in [-0.2, -0.15) is 0 Å². The quantitative estimate of drug-likeness (QED) is 0.853. The molecule has 1 aliphatic carbocycles. The van der Waals surface area contributed by atoms with Crippen molar-refractivity contribution in [1.29, 1.82) is 0 Å². The van der Waals surface area contributed by atoms with Crippen LogP contribution in [0.15, 0.2) is 0 Å². The third kappa shape index (κ3) is 3.28. The number of nitrogens with one attached hydrogen (secondary N) is 1. The normalized spacial score (nSPS) is 32.2. The lowest BCUT2D eigenvalue weighted by molar-refractivity contribution is -0.116. The molecule has 0 aromatic carbocycles. The molecule has 2 fully saturated rings. The summed E-state index contributed by atoms with van der Waals surface area (Å²) < 4.78 is 0. The van der Waals surface area contributed by atoms with Gasteiger partial charge in [-0.05, 0) is 37.0 Å². The van der Waals surface area contributed by atoms with Gasteiger partial charge in [0.05, 0.1) is 0 Å². The van der Waals surface area contributed by atoms with Crippen LogP contribution in [-0.4, -0.2) is 35.8 Å². The summed E-state index contributed by atoms with van der Waals surface area (Å²) in [4.78, 5) is 25.1. The Morgan fingerprint density at radius 3 is 2.58 bits per heavy atom. The number of rotatable bonds is 3. The van der Waals surface area contributed by atoms with Crippen molar-refractivity contribution in [2.24, 2.45) is 10.8 Å². The van der Waals surface area contributed by atoms with Crippen molar-refractivity contribution < 1.29 is 9.59 Å². The van der Waals surface area contributed by atoms with Crippen LogP contribution in [0.4, 0.5) is 4.79 Å². The lowest BCUT2D eigenvalue weighted by Gasteiger charge is -2.39. The molecule has 4 nitrogen and oxygen atoms in total. The molecule has 2 atom stereocenters. The number of nitrogens with zero attached hydrogens (tertiary/aromatic N) is 1. The minimum atomic E-state index is 0.00711. The molecule has 19 heavy (non-hydrogen) atoms. The van der Waals surface area contributed by atoms with Gasteiger partial charge < -0.3 is 10.2 Å². The number of hydrogen-bond donors (Lipinski definition) is 1. The van der Waals surface area contributed by atoms with Gasteiger partial charge in [0.2, 0.25) is 0 Å². The summed E-state index contributed by atoms with van der Waals surface area (Å²) in [7, 11) is 0. The predicted molar refractivity (Wildman–Crippen MR) is 74.9 cm³/mol. The van der Waals surface area contributed by atoms with Crippen molar-refractivity contribution in [1.82, 2.24) is 10.2 Å². The molecule has 0 spiro atoms. The van der Waals surface area contributed by atoms with Crippen molar-refractivity contribution >= 4 is 11.8 Å². The topological polar surface area (TPSA) is 49.4 Å². The third-order valence-corrected chi connectivity index (χ3v) is 4.43. The highest BCUT2D eigenvalue weighted by atomic mass is 16.2. The molecule has 1 saturated carbocycles. The molecule has 1 N–H and O–H groups in total. The van der Waals surface area contributed by atoms with Crippen molar-refractivity contribution in [2.75, 3.05) is 13.1 Å². The minimum absolute atomic E-state index is 0.00711. The van der Waals surface area contributed by atoms with E-state index in [1.165, 1.54) is 6.42 Å². The van der Waals surface area contributed by atoms with Crippen LogP contribution < -0.4 is 5.32 Å². The van der Waals surface area contributed by atoms with Gasteiger partial charge >= 0.3 is 6.03 Å². The van der Waals surface area contributed by atoms with Crippen molar-refractivity contribution in [2.45, 2.75) is 59.4 Å². The van der Waals surface area contributed by atoms with Crippen LogP contribution in [-0.2, 0) is 4.79 Å². The molecule has 2 aliphatic rings. The lowest BCUT2D eigenvalue weighted by Crippen LogP contribution is -2.44. The molecule has 2 bridgehead atoms. The molecule has 1 aliphatic heterocycles. The molecule has 0 aromatic rings. The Labute approximate surface area is 115 Å². The molecule has 1 saturated heterocycles. The van der Waals surface area contributed by atoms with Gasteiger partial charge in [-0.15, -0.1) is 0 Å². The molecule has 0 aromatic heterocycles. The Morgan fingerprint density at radius 2 is 1.95 bits per heavy atom. The van der Waals surface area contributed by atoms with E-state index in [9.17, 15) is 9.59 Å². The van der Waals surface area contributed by atoms with E-state index in [4.69, 9.17) is 0 Å². The van der Waals surface area contributed by atoms with Gasteiger partial charge in [0.15, 0.2) is 0 Å². The molecule has 2 rings (SSSR count). The summed E-state index contributed by atoms with van der Waals surface area (Å²) in [5.41, 5.74) is 0.594. The first-order valence-corrected chi connectivity index (χ1v) is 7.25. The number of carbonyl (C=O) groups is 2. The molecular weight excluding hydrogens is 240 g/mol. The molecule has 1 heterocycles. The highest BCUT2D eigenvalue weighted by molar-refractivity contribution is 5.78. The maximum Gasteiger partial charge on any atom is 0.317 e. The van der Waals surface area contributed by atoms with Gasteiger partial charge in [-0.25, -0.2) is 4.79 Å². The standard InChI is InChI=1S/C15H26N2O2/c1-11(18)5-6-16-13(19)17-10-15(4)8-12(17)7-14(2,3)9-15/h12H,5-10H2,1-4H3,(H,16,19). The monoisotopic (exact) mass is 266 g/mol. The number of hydrogen-bond acceptors (Lipinski definition) is 2. The average molecular weight is 266 g/mol. The van der Waals surface area contributed by atoms with Crippen LogP contribution in [0, 0.1) is 10.8 Å². The fourth-order valence-corrected chi connectivity index (χ4v) is 4.14. The Bertz CT molecular complexity index is 392. The van der Waals surface area contributed by atoms with E-state index < -0.39 is 0 Å².